The largest absolute Gasteiger partial charge is 0.351 e. The summed E-state index contributed by atoms with van der Waals surface area (Å²) < 4.78 is 13.3. The summed E-state index contributed by atoms with van der Waals surface area (Å²) in [5.74, 6) is -0.367. The highest BCUT2D eigenvalue weighted by molar-refractivity contribution is 5.82. The second-order valence-corrected chi connectivity index (χ2v) is 7.37. The van der Waals surface area contributed by atoms with E-state index in [4.69, 9.17) is 0 Å². The molecule has 1 atom stereocenters. The molecule has 1 N–H and O–H groups in total. The number of carbonyl (C=O) groups excluding carboxylic acids is 2. The maximum atomic E-state index is 13.3. The van der Waals surface area contributed by atoms with Crippen molar-refractivity contribution >= 4 is 11.8 Å². The van der Waals surface area contributed by atoms with Gasteiger partial charge in [-0.3, -0.25) is 9.59 Å². The minimum absolute atomic E-state index is 0.0149. The molecule has 0 aliphatic carbocycles. The maximum Gasteiger partial charge on any atom is 0.225 e. The summed E-state index contributed by atoms with van der Waals surface area (Å²) in [5.41, 5.74) is 4.29. The maximum absolute atomic E-state index is 13.3. The van der Waals surface area contributed by atoms with Crippen LogP contribution in [-0.4, -0.2) is 29.3 Å². The number of likely N-dealkylation sites (tertiary alicyclic amines) is 1. The second-order valence-electron chi connectivity index (χ2n) is 7.37. The number of halogens is 1. The molecule has 0 aromatic heterocycles. The van der Waals surface area contributed by atoms with Crippen molar-refractivity contribution in [1.29, 1.82) is 0 Å². The van der Waals surface area contributed by atoms with Gasteiger partial charge in [0, 0.05) is 25.9 Å². The summed E-state index contributed by atoms with van der Waals surface area (Å²) in [7, 11) is 0. The molecule has 3 rings (SSSR count). The summed E-state index contributed by atoms with van der Waals surface area (Å²) in [4.78, 5) is 26.1. The van der Waals surface area contributed by atoms with Crippen LogP contribution in [-0.2, 0) is 22.6 Å². The van der Waals surface area contributed by atoms with E-state index in [0.717, 1.165) is 11.1 Å². The van der Waals surface area contributed by atoms with Gasteiger partial charge in [-0.2, -0.15) is 0 Å². The van der Waals surface area contributed by atoms with Gasteiger partial charge in [0.25, 0.3) is 0 Å². The van der Waals surface area contributed by atoms with Crippen molar-refractivity contribution in [3.8, 4) is 0 Å². The molecule has 2 aromatic carbocycles. The third-order valence-corrected chi connectivity index (χ3v) is 4.76. The van der Waals surface area contributed by atoms with Gasteiger partial charge >= 0.3 is 0 Å². The average Bonchev–Trinajstić information content (AvgIpc) is 2.91. The Morgan fingerprint density at radius 2 is 1.89 bits per heavy atom. The van der Waals surface area contributed by atoms with Crippen molar-refractivity contribution in [3.05, 3.63) is 70.5 Å². The SMILES string of the molecule is Cc1cc(C)cc(CCC(=O)N[C@@H]2CC(=O)N(Cc3cccc(F)c3)C2)c1. The van der Waals surface area contributed by atoms with Gasteiger partial charge in [0.15, 0.2) is 0 Å². The highest BCUT2D eigenvalue weighted by Gasteiger charge is 2.30. The van der Waals surface area contributed by atoms with Gasteiger partial charge in [-0.1, -0.05) is 41.5 Å². The molecule has 5 heteroatoms. The van der Waals surface area contributed by atoms with Crippen LogP contribution in [0.3, 0.4) is 0 Å². The van der Waals surface area contributed by atoms with Gasteiger partial charge in [-0.15, -0.1) is 0 Å². The van der Waals surface area contributed by atoms with Crippen molar-refractivity contribution in [2.75, 3.05) is 6.54 Å². The van der Waals surface area contributed by atoms with Crippen molar-refractivity contribution < 1.29 is 14.0 Å². The molecule has 1 aliphatic heterocycles. The molecule has 1 fully saturated rings. The lowest BCUT2D eigenvalue weighted by atomic mass is 10.0. The first-order valence-electron chi connectivity index (χ1n) is 9.28. The Labute approximate surface area is 159 Å². The lowest BCUT2D eigenvalue weighted by Crippen LogP contribution is -2.37. The van der Waals surface area contributed by atoms with E-state index >= 15 is 0 Å². The van der Waals surface area contributed by atoms with Crippen molar-refractivity contribution in [3.63, 3.8) is 0 Å². The van der Waals surface area contributed by atoms with E-state index in [-0.39, 0.29) is 23.7 Å². The first-order chi connectivity index (χ1) is 12.9. The number of hydrogen-bond acceptors (Lipinski definition) is 2. The first-order valence-corrected chi connectivity index (χ1v) is 9.28. The third kappa shape index (κ3) is 5.39. The molecule has 1 aliphatic rings. The molecule has 4 nitrogen and oxygen atoms in total. The van der Waals surface area contributed by atoms with Crippen LogP contribution < -0.4 is 5.32 Å². The molecule has 1 heterocycles. The molecule has 0 saturated carbocycles. The van der Waals surface area contributed by atoms with E-state index in [1.165, 1.54) is 23.3 Å². The first kappa shape index (κ1) is 19.1. The van der Waals surface area contributed by atoms with Crippen LogP contribution in [0, 0.1) is 19.7 Å². The summed E-state index contributed by atoms with van der Waals surface area (Å²) in [6.45, 7) is 4.93. The Hall–Kier alpha value is -2.69. The summed E-state index contributed by atoms with van der Waals surface area (Å²) in [6, 6.07) is 12.4. The molecule has 0 unspecified atom stereocenters. The highest BCUT2D eigenvalue weighted by atomic mass is 19.1. The molecule has 2 amide bonds. The predicted octanol–water partition coefficient (Wildman–Crippen LogP) is 3.29. The third-order valence-electron chi connectivity index (χ3n) is 4.76. The van der Waals surface area contributed by atoms with E-state index in [1.807, 2.05) is 13.8 Å². The van der Waals surface area contributed by atoms with Gasteiger partial charge in [0.1, 0.15) is 5.82 Å². The van der Waals surface area contributed by atoms with Gasteiger partial charge < -0.3 is 10.2 Å². The van der Waals surface area contributed by atoms with Crippen LogP contribution in [0.25, 0.3) is 0 Å². The Morgan fingerprint density at radius 1 is 1.15 bits per heavy atom. The molecule has 27 heavy (non-hydrogen) atoms. The zero-order chi connectivity index (χ0) is 19.4. The normalized spacial score (nSPS) is 16.6. The predicted molar refractivity (Wildman–Crippen MR) is 103 cm³/mol. The van der Waals surface area contributed by atoms with Crippen LogP contribution in [0.15, 0.2) is 42.5 Å². The number of benzene rings is 2. The molecule has 142 valence electrons. The fraction of sp³-hybridized carbons (Fsp3) is 0.364. The lowest BCUT2D eigenvalue weighted by molar-refractivity contribution is -0.128. The van der Waals surface area contributed by atoms with Gasteiger partial charge in [-0.05, 0) is 43.5 Å². The van der Waals surface area contributed by atoms with Gasteiger partial charge in [0.05, 0.1) is 6.04 Å². The van der Waals surface area contributed by atoms with Crippen LogP contribution in [0.5, 0.6) is 0 Å². The molecule has 0 spiro atoms. The molecule has 0 bridgehead atoms. The Morgan fingerprint density at radius 3 is 2.59 bits per heavy atom. The number of hydrogen-bond donors (Lipinski definition) is 1. The van der Waals surface area contributed by atoms with E-state index in [1.54, 1.807) is 17.0 Å². The van der Waals surface area contributed by atoms with Crippen LogP contribution in [0.1, 0.15) is 35.1 Å². The summed E-state index contributed by atoms with van der Waals surface area (Å²) >= 11 is 0. The van der Waals surface area contributed by atoms with E-state index < -0.39 is 0 Å². The highest BCUT2D eigenvalue weighted by Crippen LogP contribution is 2.16. The second kappa shape index (κ2) is 8.33. The molecule has 2 aromatic rings. The summed E-state index contributed by atoms with van der Waals surface area (Å²) in [6.07, 6.45) is 1.38. The minimum atomic E-state index is -0.310. The summed E-state index contributed by atoms with van der Waals surface area (Å²) in [5, 5.41) is 2.96. The standard InChI is InChI=1S/C22H25FN2O2/c1-15-8-16(2)10-17(9-15)6-7-21(26)24-20-12-22(27)25(14-20)13-18-4-3-5-19(23)11-18/h3-5,8-11,20H,6-7,12-14H2,1-2H3,(H,24,26)/t20-/m1/s1. The molecule has 1 saturated heterocycles. The minimum Gasteiger partial charge on any atom is -0.351 e. The zero-order valence-electron chi connectivity index (χ0n) is 15.8. The van der Waals surface area contributed by atoms with Crippen LogP contribution in [0.4, 0.5) is 4.39 Å². The van der Waals surface area contributed by atoms with Crippen molar-refractivity contribution in [1.82, 2.24) is 10.2 Å². The number of amides is 2. The zero-order valence-corrected chi connectivity index (χ0v) is 15.8. The Kier molecular flexibility index (Phi) is 5.89. The molecule has 0 radical (unpaired) electrons. The Balaban J connectivity index is 1.49. The number of carbonyl (C=O) groups is 2. The Bertz CT molecular complexity index is 830. The van der Waals surface area contributed by atoms with Gasteiger partial charge in [-0.25, -0.2) is 4.39 Å². The van der Waals surface area contributed by atoms with E-state index in [2.05, 4.69) is 23.5 Å². The topological polar surface area (TPSA) is 49.4 Å². The molecular weight excluding hydrogens is 343 g/mol. The van der Waals surface area contributed by atoms with Crippen LogP contribution >= 0.6 is 0 Å². The quantitative estimate of drug-likeness (QED) is 0.851. The lowest BCUT2D eigenvalue weighted by Gasteiger charge is -2.17. The monoisotopic (exact) mass is 368 g/mol. The molecular formula is C22H25FN2O2. The number of nitrogens with one attached hydrogen (secondary N) is 1. The number of rotatable bonds is 6. The average molecular weight is 368 g/mol. The van der Waals surface area contributed by atoms with Gasteiger partial charge in [0.2, 0.25) is 11.8 Å². The van der Waals surface area contributed by atoms with Crippen molar-refractivity contribution in [2.24, 2.45) is 0 Å². The smallest absolute Gasteiger partial charge is 0.225 e. The number of aryl methyl sites for hydroxylation is 3. The fourth-order valence-corrected chi connectivity index (χ4v) is 3.65. The van der Waals surface area contributed by atoms with E-state index in [0.29, 0.717) is 32.4 Å². The number of nitrogens with zero attached hydrogens (tertiary/aromatic N) is 1. The van der Waals surface area contributed by atoms with Crippen LogP contribution in [0.2, 0.25) is 0 Å². The van der Waals surface area contributed by atoms with Crippen molar-refractivity contribution in [2.45, 2.75) is 45.7 Å². The fourth-order valence-electron chi connectivity index (χ4n) is 3.65. The van der Waals surface area contributed by atoms with E-state index in [9.17, 15) is 14.0 Å².